The molecule has 0 spiro atoms. The molecule has 0 aromatic heterocycles. The molecule has 0 saturated carbocycles. The van der Waals surface area contributed by atoms with Crippen molar-refractivity contribution in [1.82, 2.24) is 10.6 Å². The Morgan fingerprint density at radius 2 is 1.81 bits per heavy atom. The Kier molecular flexibility index (Phi) is 6.37. The van der Waals surface area contributed by atoms with E-state index in [0.29, 0.717) is 12.8 Å². The van der Waals surface area contributed by atoms with E-state index in [1.165, 1.54) is 0 Å². The van der Waals surface area contributed by atoms with Crippen LogP contribution in [0.5, 0.6) is 0 Å². The molecule has 0 saturated heterocycles. The number of benzene rings is 1. The fraction of sp³-hybridized carbons (Fsp3) is 0.500. The molecule has 0 heterocycles. The highest BCUT2D eigenvalue weighted by Crippen LogP contribution is 2.13. The number of carbonyl (C=O) groups is 2. The van der Waals surface area contributed by atoms with E-state index >= 15 is 0 Å². The van der Waals surface area contributed by atoms with E-state index in [2.05, 4.69) is 10.6 Å². The highest BCUT2D eigenvalue weighted by atomic mass is 16.3. The molecule has 0 unspecified atom stereocenters. The third-order valence-electron chi connectivity index (χ3n) is 3.05. The van der Waals surface area contributed by atoms with Crippen molar-refractivity contribution >= 4 is 11.8 Å². The number of hydrogen-bond donors (Lipinski definition) is 3. The Labute approximate surface area is 125 Å². The van der Waals surface area contributed by atoms with E-state index in [4.69, 9.17) is 0 Å². The van der Waals surface area contributed by atoms with Crippen LogP contribution in [-0.4, -0.2) is 35.1 Å². The van der Waals surface area contributed by atoms with E-state index in [-0.39, 0.29) is 12.6 Å². The van der Waals surface area contributed by atoms with Crippen LogP contribution in [0.25, 0.3) is 0 Å². The summed E-state index contributed by atoms with van der Waals surface area (Å²) in [4.78, 5) is 23.0. The van der Waals surface area contributed by atoms with Gasteiger partial charge in [0, 0.05) is 12.6 Å². The first kappa shape index (κ1) is 17.2. The largest absolute Gasteiger partial charge is 0.388 e. The zero-order valence-corrected chi connectivity index (χ0v) is 12.8. The van der Waals surface area contributed by atoms with Gasteiger partial charge in [-0.3, -0.25) is 9.59 Å². The van der Waals surface area contributed by atoms with Crippen LogP contribution in [0, 0.1) is 0 Å². The molecule has 5 nitrogen and oxygen atoms in total. The van der Waals surface area contributed by atoms with Crippen LogP contribution < -0.4 is 10.6 Å². The van der Waals surface area contributed by atoms with Gasteiger partial charge >= 0.3 is 11.8 Å². The zero-order chi connectivity index (χ0) is 15.9. The lowest BCUT2D eigenvalue weighted by atomic mass is 9.97. The first-order chi connectivity index (χ1) is 9.80. The van der Waals surface area contributed by atoms with Gasteiger partial charge in [-0.05, 0) is 39.2 Å². The average molecular weight is 292 g/mol. The topological polar surface area (TPSA) is 78.4 Å². The molecule has 2 amide bonds. The Balaban J connectivity index is 2.38. The van der Waals surface area contributed by atoms with Crippen molar-refractivity contribution in [2.75, 3.05) is 6.54 Å². The lowest BCUT2D eigenvalue weighted by Crippen LogP contribution is -2.47. The summed E-state index contributed by atoms with van der Waals surface area (Å²) in [7, 11) is 0. The monoisotopic (exact) mass is 292 g/mol. The molecule has 1 aromatic carbocycles. The van der Waals surface area contributed by atoms with Crippen molar-refractivity contribution in [1.29, 1.82) is 0 Å². The van der Waals surface area contributed by atoms with Gasteiger partial charge in [-0.1, -0.05) is 30.3 Å². The molecule has 0 bridgehead atoms. The molecule has 116 valence electrons. The standard InChI is InChI=1S/C16H24N2O3/c1-12(2)18-15(20)14(19)17-11-16(3,21)10-9-13-7-5-4-6-8-13/h4-8,12,21H,9-11H2,1-3H3,(H,17,19)(H,18,20)/t16-/m1/s1. The quantitative estimate of drug-likeness (QED) is 0.685. The van der Waals surface area contributed by atoms with Gasteiger partial charge in [-0.25, -0.2) is 0 Å². The van der Waals surface area contributed by atoms with Crippen LogP contribution in [0.4, 0.5) is 0 Å². The minimum atomic E-state index is -1.05. The lowest BCUT2D eigenvalue weighted by molar-refractivity contribution is -0.140. The van der Waals surface area contributed by atoms with Crippen LogP contribution in [0.2, 0.25) is 0 Å². The lowest BCUT2D eigenvalue weighted by Gasteiger charge is -2.23. The Morgan fingerprint density at radius 3 is 2.38 bits per heavy atom. The molecule has 1 aromatic rings. The van der Waals surface area contributed by atoms with Gasteiger partial charge in [0.1, 0.15) is 0 Å². The summed E-state index contributed by atoms with van der Waals surface area (Å²) in [6.07, 6.45) is 1.21. The molecule has 0 radical (unpaired) electrons. The van der Waals surface area contributed by atoms with Crippen molar-refractivity contribution in [3.05, 3.63) is 35.9 Å². The van der Waals surface area contributed by atoms with Crippen molar-refractivity contribution in [2.24, 2.45) is 0 Å². The third-order valence-corrected chi connectivity index (χ3v) is 3.05. The van der Waals surface area contributed by atoms with Crippen molar-refractivity contribution in [3.63, 3.8) is 0 Å². The summed E-state index contributed by atoms with van der Waals surface area (Å²) in [5.41, 5.74) is 0.0746. The van der Waals surface area contributed by atoms with E-state index in [1.54, 1.807) is 20.8 Å². The summed E-state index contributed by atoms with van der Waals surface area (Å²) in [5, 5.41) is 15.2. The Hall–Kier alpha value is -1.88. The van der Waals surface area contributed by atoms with E-state index in [1.807, 2.05) is 30.3 Å². The third kappa shape index (κ3) is 6.90. The number of aliphatic hydroxyl groups is 1. The summed E-state index contributed by atoms with van der Waals surface area (Å²) in [6.45, 7) is 5.25. The SMILES string of the molecule is CC(C)NC(=O)C(=O)NC[C@](C)(O)CCc1ccccc1. The van der Waals surface area contributed by atoms with E-state index in [0.717, 1.165) is 5.56 Å². The molecule has 0 aliphatic rings. The molecule has 21 heavy (non-hydrogen) atoms. The maximum Gasteiger partial charge on any atom is 0.309 e. The second-order valence-electron chi connectivity index (χ2n) is 5.79. The molecule has 5 heteroatoms. The second kappa shape index (κ2) is 7.78. The summed E-state index contributed by atoms with van der Waals surface area (Å²) >= 11 is 0. The maximum absolute atomic E-state index is 11.6. The first-order valence-corrected chi connectivity index (χ1v) is 7.15. The number of amides is 2. The minimum absolute atomic E-state index is 0.0458. The van der Waals surface area contributed by atoms with Crippen molar-refractivity contribution < 1.29 is 14.7 Å². The van der Waals surface area contributed by atoms with Gasteiger partial charge in [0.25, 0.3) is 0 Å². The minimum Gasteiger partial charge on any atom is -0.388 e. The van der Waals surface area contributed by atoms with Crippen LogP contribution >= 0.6 is 0 Å². The molecule has 1 rings (SSSR count). The second-order valence-corrected chi connectivity index (χ2v) is 5.79. The van der Waals surface area contributed by atoms with Crippen LogP contribution in [0.15, 0.2) is 30.3 Å². The molecule has 0 aliphatic carbocycles. The van der Waals surface area contributed by atoms with Crippen LogP contribution in [-0.2, 0) is 16.0 Å². The molecule has 1 atom stereocenters. The van der Waals surface area contributed by atoms with Gasteiger partial charge < -0.3 is 15.7 Å². The molecule has 0 aliphatic heterocycles. The van der Waals surface area contributed by atoms with Gasteiger partial charge in [0.2, 0.25) is 0 Å². The van der Waals surface area contributed by atoms with E-state index < -0.39 is 17.4 Å². The molecule has 3 N–H and O–H groups in total. The first-order valence-electron chi connectivity index (χ1n) is 7.15. The number of rotatable bonds is 6. The summed E-state index contributed by atoms with van der Waals surface area (Å²) in [5.74, 6) is -1.40. The summed E-state index contributed by atoms with van der Waals surface area (Å²) < 4.78 is 0. The predicted molar refractivity (Wildman–Crippen MR) is 81.7 cm³/mol. The highest BCUT2D eigenvalue weighted by Gasteiger charge is 2.23. The van der Waals surface area contributed by atoms with Gasteiger partial charge in [0.05, 0.1) is 5.60 Å². The fourth-order valence-corrected chi connectivity index (χ4v) is 1.83. The number of carbonyl (C=O) groups excluding carboxylic acids is 2. The Bertz CT molecular complexity index is 470. The molecule has 0 fully saturated rings. The van der Waals surface area contributed by atoms with Crippen LogP contribution in [0.3, 0.4) is 0 Å². The molecular formula is C16H24N2O3. The number of nitrogens with one attached hydrogen (secondary N) is 2. The smallest absolute Gasteiger partial charge is 0.309 e. The predicted octanol–water partition coefficient (Wildman–Crippen LogP) is 1.01. The fourth-order valence-electron chi connectivity index (χ4n) is 1.83. The maximum atomic E-state index is 11.6. The van der Waals surface area contributed by atoms with Gasteiger partial charge in [-0.2, -0.15) is 0 Å². The van der Waals surface area contributed by atoms with Crippen molar-refractivity contribution in [2.45, 2.75) is 45.3 Å². The van der Waals surface area contributed by atoms with Crippen molar-refractivity contribution in [3.8, 4) is 0 Å². The van der Waals surface area contributed by atoms with Crippen LogP contribution in [0.1, 0.15) is 32.8 Å². The average Bonchev–Trinajstić information content (AvgIpc) is 2.43. The van der Waals surface area contributed by atoms with Gasteiger partial charge in [0.15, 0.2) is 0 Å². The number of aryl methyl sites for hydroxylation is 1. The molecular weight excluding hydrogens is 268 g/mol. The normalized spacial score (nSPS) is 13.6. The highest BCUT2D eigenvalue weighted by molar-refractivity contribution is 6.35. The zero-order valence-electron chi connectivity index (χ0n) is 12.8. The van der Waals surface area contributed by atoms with E-state index in [9.17, 15) is 14.7 Å². The number of hydrogen-bond acceptors (Lipinski definition) is 3. The Morgan fingerprint density at radius 1 is 1.19 bits per heavy atom. The van der Waals surface area contributed by atoms with Gasteiger partial charge in [-0.15, -0.1) is 0 Å². The summed E-state index contributed by atoms with van der Waals surface area (Å²) in [6, 6.07) is 9.72.